The summed E-state index contributed by atoms with van der Waals surface area (Å²) < 4.78 is 6.58. The van der Waals surface area contributed by atoms with Crippen molar-refractivity contribution in [3.63, 3.8) is 0 Å². The molecular weight excluding hydrogens is 232 g/mol. The third-order valence-electron chi connectivity index (χ3n) is 3.15. The lowest BCUT2D eigenvalue weighted by molar-refractivity contribution is -0.142. The van der Waals surface area contributed by atoms with Crippen molar-refractivity contribution in [3.05, 3.63) is 34.7 Å². The van der Waals surface area contributed by atoms with Crippen molar-refractivity contribution in [2.75, 3.05) is 26.8 Å². The lowest BCUT2D eigenvalue weighted by atomic mass is 9.88. The van der Waals surface area contributed by atoms with Gasteiger partial charge in [-0.3, -0.25) is 9.59 Å². The Balaban J connectivity index is 1.95. The Hall–Kier alpha value is -1.62. The van der Waals surface area contributed by atoms with Crippen molar-refractivity contribution in [2.24, 2.45) is 5.41 Å². The third kappa shape index (κ3) is 2.79. The Bertz CT molecular complexity index is 491. The first-order valence-electron chi connectivity index (χ1n) is 5.97. The molecule has 1 aromatic heterocycles. The summed E-state index contributed by atoms with van der Waals surface area (Å²) in [6.45, 7) is 4.22. The maximum absolute atomic E-state index is 12.0. The van der Waals surface area contributed by atoms with Crippen molar-refractivity contribution >= 4 is 5.91 Å². The number of nitrogens with zero attached hydrogens (tertiary/aromatic N) is 2. The molecule has 2 rings (SSSR count). The molecule has 0 atom stereocenters. The molecule has 2 heterocycles. The third-order valence-corrected chi connectivity index (χ3v) is 3.15. The van der Waals surface area contributed by atoms with Crippen molar-refractivity contribution in [1.82, 2.24) is 9.47 Å². The van der Waals surface area contributed by atoms with Crippen molar-refractivity contribution in [3.8, 4) is 0 Å². The van der Waals surface area contributed by atoms with Gasteiger partial charge in [0.15, 0.2) is 0 Å². The van der Waals surface area contributed by atoms with Gasteiger partial charge in [-0.2, -0.15) is 0 Å². The van der Waals surface area contributed by atoms with E-state index in [9.17, 15) is 9.59 Å². The van der Waals surface area contributed by atoms with Gasteiger partial charge in [0.1, 0.15) is 6.54 Å². The fraction of sp³-hybridized carbons (Fsp3) is 0.538. The van der Waals surface area contributed by atoms with E-state index in [1.54, 1.807) is 30.3 Å². The molecule has 0 aromatic carbocycles. The molecule has 1 fully saturated rings. The van der Waals surface area contributed by atoms with Crippen LogP contribution in [0, 0.1) is 5.41 Å². The number of aromatic nitrogens is 1. The summed E-state index contributed by atoms with van der Waals surface area (Å²) in [4.78, 5) is 25.2. The Morgan fingerprint density at radius 3 is 2.78 bits per heavy atom. The average Bonchev–Trinajstić information content (AvgIpc) is 2.30. The number of hydrogen-bond acceptors (Lipinski definition) is 3. The first kappa shape index (κ1) is 12.8. The zero-order chi connectivity index (χ0) is 13.2. The predicted octanol–water partition coefficient (Wildman–Crippen LogP) is 0.343. The molecule has 1 amide bonds. The number of hydrogen-bond donors (Lipinski definition) is 0. The van der Waals surface area contributed by atoms with Gasteiger partial charge in [-0.05, 0) is 6.07 Å². The van der Waals surface area contributed by atoms with Gasteiger partial charge in [-0.1, -0.05) is 13.0 Å². The maximum atomic E-state index is 12.0. The minimum Gasteiger partial charge on any atom is -0.380 e. The molecule has 0 spiro atoms. The van der Waals surface area contributed by atoms with Crippen LogP contribution in [0.25, 0.3) is 0 Å². The van der Waals surface area contributed by atoms with E-state index in [-0.39, 0.29) is 23.4 Å². The van der Waals surface area contributed by atoms with Crippen LogP contribution in [0.15, 0.2) is 29.2 Å². The summed E-state index contributed by atoms with van der Waals surface area (Å²) in [5.41, 5.74) is -0.0936. The van der Waals surface area contributed by atoms with E-state index in [2.05, 4.69) is 6.92 Å². The van der Waals surface area contributed by atoms with Crippen LogP contribution >= 0.6 is 0 Å². The molecule has 0 radical (unpaired) electrons. The summed E-state index contributed by atoms with van der Waals surface area (Å²) in [6.07, 6.45) is 1.63. The Kier molecular flexibility index (Phi) is 3.52. The number of carbonyl (C=O) groups is 1. The monoisotopic (exact) mass is 250 g/mol. The van der Waals surface area contributed by atoms with E-state index >= 15 is 0 Å². The van der Waals surface area contributed by atoms with Gasteiger partial charge in [-0.25, -0.2) is 0 Å². The fourth-order valence-corrected chi connectivity index (χ4v) is 2.06. The lowest BCUT2D eigenvalue weighted by Crippen LogP contribution is -2.49. The molecule has 0 saturated carbocycles. The molecule has 1 aliphatic rings. The summed E-state index contributed by atoms with van der Waals surface area (Å²) in [5.74, 6) is -0.0589. The van der Waals surface area contributed by atoms with Gasteiger partial charge in [0.25, 0.3) is 5.56 Å². The zero-order valence-electron chi connectivity index (χ0n) is 10.8. The molecule has 1 aliphatic heterocycles. The van der Waals surface area contributed by atoms with Gasteiger partial charge in [0.05, 0.1) is 13.2 Å². The number of ether oxygens (including phenoxy) is 1. The number of carbonyl (C=O) groups excluding carboxylic acids is 1. The van der Waals surface area contributed by atoms with E-state index in [0.717, 1.165) is 0 Å². The molecule has 1 saturated heterocycles. The SMILES string of the molecule is CN(CC1(C)COC1)C(=O)Cn1ccccc1=O. The maximum Gasteiger partial charge on any atom is 0.250 e. The van der Waals surface area contributed by atoms with Crippen LogP contribution in [0.5, 0.6) is 0 Å². The van der Waals surface area contributed by atoms with Crippen LogP contribution in [0.4, 0.5) is 0 Å². The summed E-state index contributed by atoms with van der Waals surface area (Å²) in [5, 5.41) is 0. The molecule has 0 unspecified atom stereocenters. The Labute approximate surface area is 106 Å². The fourth-order valence-electron chi connectivity index (χ4n) is 2.06. The van der Waals surface area contributed by atoms with Crippen LogP contribution in [0.3, 0.4) is 0 Å². The topological polar surface area (TPSA) is 51.5 Å². The van der Waals surface area contributed by atoms with Crippen LogP contribution in [-0.4, -0.2) is 42.2 Å². The van der Waals surface area contributed by atoms with Gasteiger partial charge in [-0.15, -0.1) is 0 Å². The molecule has 0 aliphatic carbocycles. The highest BCUT2D eigenvalue weighted by Crippen LogP contribution is 2.27. The van der Waals surface area contributed by atoms with Gasteiger partial charge < -0.3 is 14.2 Å². The number of pyridine rings is 1. The van der Waals surface area contributed by atoms with E-state index < -0.39 is 0 Å². The highest BCUT2D eigenvalue weighted by atomic mass is 16.5. The summed E-state index contributed by atoms with van der Waals surface area (Å²) >= 11 is 0. The standard InChI is InChI=1S/C13H18N2O3/c1-13(9-18-10-13)8-14(2)12(17)7-15-6-4-3-5-11(15)16/h3-6H,7-10H2,1-2H3. The summed E-state index contributed by atoms with van der Waals surface area (Å²) in [7, 11) is 1.76. The Morgan fingerprint density at radius 2 is 2.22 bits per heavy atom. The molecule has 98 valence electrons. The average molecular weight is 250 g/mol. The smallest absolute Gasteiger partial charge is 0.250 e. The normalized spacial score (nSPS) is 17.0. The minimum absolute atomic E-state index is 0.0589. The van der Waals surface area contributed by atoms with E-state index in [0.29, 0.717) is 19.8 Å². The van der Waals surface area contributed by atoms with Crippen LogP contribution in [-0.2, 0) is 16.1 Å². The molecule has 1 aromatic rings. The minimum atomic E-state index is -0.155. The van der Waals surface area contributed by atoms with Gasteiger partial charge >= 0.3 is 0 Å². The summed E-state index contributed by atoms with van der Waals surface area (Å²) in [6, 6.07) is 4.86. The highest BCUT2D eigenvalue weighted by molar-refractivity contribution is 5.75. The predicted molar refractivity (Wildman–Crippen MR) is 67.3 cm³/mol. The second-order valence-corrected chi connectivity index (χ2v) is 5.22. The van der Waals surface area contributed by atoms with Crippen LogP contribution < -0.4 is 5.56 Å². The number of amides is 1. The molecular formula is C13H18N2O3. The van der Waals surface area contributed by atoms with Gasteiger partial charge in [0.2, 0.25) is 5.91 Å². The van der Waals surface area contributed by atoms with Crippen molar-refractivity contribution < 1.29 is 9.53 Å². The molecule has 0 N–H and O–H groups in total. The molecule has 5 heteroatoms. The van der Waals surface area contributed by atoms with E-state index in [1.807, 2.05) is 0 Å². The van der Waals surface area contributed by atoms with Gasteiger partial charge in [0, 0.05) is 31.3 Å². The molecule has 5 nitrogen and oxygen atoms in total. The number of rotatable bonds is 4. The molecule has 0 bridgehead atoms. The second kappa shape index (κ2) is 4.94. The second-order valence-electron chi connectivity index (χ2n) is 5.22. The van der Waals surface area contributed by atoms with E-state index in [4.69, 9.17) is 4.74 Å². The van der Waals surface area contributed by atoms with Crippen molar-refractivity contribution in [2.45, 2.75) is 13.5 Å². The Morgan fingerprint density at radius 1 is 1.50 bits per heavy atom. The first-order chi connectivity index (χ1) is 8.50. The van der Waals surface area contributed by atoms with E-state index in [1.165, 1.54) is 10.6 Å². The van der Waals surface area contributed by atoms with Crippen molar-refractivity contribution in [1.29, 1.82) is 0 Å². The van der Waals surface area contributed by atoms with Crippen LogP contribution in [0.1, 0.15) is 6.92 Å². The first-order valence-corrected chi connectivity index (χ1v) is 5.97. The molecule has 18 heavy (non-hydrogen) atoms. The zero-order valence-corrected chi connectivity index (χ0v) is 10.8. The lowest BCUT2D eigenvalue weighted by Gasteiger charge is -2.40. The quantitative estimate of drug-likeness (QED) is 0.774. The highest BCUT2D eigenvalue weighted by Gasteiger charge is 2.35. The largest absolute Gasteiger partial charge is 0.380 e. The van der Waals surface area contributed by atoms with Crippen LogP contribution in [0.2, 0.25) is 0 Å². The number of likely N-dealkylation sites (N-methyl/N-ethyl adjacent to an activating group) is 1.